The van der Waals surface area contributed by atoms with Gasteiger partial charge in [0.25, 0.3) is 0 Å². The minimum atomic E-state index is -0.286. The SMILES string of the molecule is O=c1n(-c2ccc(OCCn3cnc(N([O-])O)c3)cc2)ccn1-c1ccc(OC2CCCC2)cc1. The third-order valence-electron chi connectivity index (χ3n) is 6.05. The highest BCUT2D eigenvalue weighted by atomic mass is 16.8. The molecule has 1 saturated carbocycles. The normalized spacial score (nSPS) is 13.8. The van der Waals surface area contributed by atoms with Crippen LogP contribution in [0.1, 0.15) is 25.7 Å². The van der Waals surface area contributed by atoms with Crippen molar-refractivity contribution in [3.05, 3.63) is 89.1 Å². The van der Waals surface area contributed by atoms with E-state index in [1.54, 1.807) is 38.2 Å². The van der Waals surface area contributed by atoms with E-state index in [2.05, 4.69) is 4.98 Å². The van der Waals surface area contributed by atoms with Gasteiger partial charge in [-0.15, -0.1) is 0 Å². The summed E-state index contributed by atoms with van der Waals surface area (Å²) in [6.45, 7) is 0.797. The zero-order valence-electron chi connectivity index (χ0n) is 19.1. The van der Waals surface area contributed by atoms with E-state index < -0.39 is 0 Å². The van der Waals surface area contributed by atoms with Gasteiger partial charge < -0.3 is 24.5 Å². The zero-order valence-corrected chi connectivity index (χ0v) is 19.1. The number of rotatable bonds is 9. The van der Waals surface area contributed by atoms with Gasteiger partial charge in [-0.1, -0.05) is 0 Å². The zero-order chi connectivity index (χ0) is 24.2. The Morgan fingerprint density at radius 3 is 2.14 bits per heavy atom. The molecule has 182 valence electrons. The first-order valence-electron chi connectivity index (χ1n) is 11.5. The fraction of sp³-hybridized carbons (Fsp3) is 0.280. The Kier molecular flexibility index (Phi) is 6.55. The molecule has 0 amide bonds. The van der Waals surface area contributed by atoms with Crippen molar-refractivity contribution in [3.8, 4) is 22.9 Å². The molecule has 10 nitrogen and oxygen atoms in total. The van der Waals surface area contributed by atoms with Crippen LogP contribution in [0.25, 0.3) is 11.4 Å². The van der Waals surface area contributed by atoms with Crippen LogP contribution in [-0.4, -0.2) is 36.6 Å². The first-order valence-corrected chi connectivity index (χ1v) is 11.5. The number of hydrogen-bond acceptors (Lipinski definition) is 7. The van der Waals surface area contributed by atoms with Crippen molar-refractivity contribution in [2.24, 2.45) is 0 Å². The molecule has 1 aliphatic rings. The maximum absolute atomic E-state index is 13.0. The molecule has 0 spiro atoms. The molecular formula is C25H26N5O5-. The molecule has 0 aliphatic heterocycles. The van der Waals surface area contributed by atoms with E-state index in [1.165, 1.54) is 25.4 Å². The van der Waals surface area contributed by atoms with E-state index in [-0.39, 0.29) is 16.7 Å². The summed E-state index contributed by atoms with van der Waals surface area (Å²) in [4.78, 5) is 16.8. The fourth-order valence-corrected chi connectivity index (χ4v) is 4.20. The molecule has 0 atom stereocenters. The second kappa shape index (κ2) is 10.1. The Bertz CT molecular complexity index is 1300. The molecule has 0 radical (unpaired) electrons. The van der Waals surface area contributed by atoms with Crippen molar-refractivity contribution in [1.29, 1.82) is 0 Å². The van der Waals surface area contributed by atoms with Gasteiger partial charge in [-0.05, 0) is 74.2 Å². The largest absolute Gasteiger partial charge is 0.732 e. The Balaban J connectivity index is 1.20. The van der Waals surface area contributed by atoms with Gasteiger partial charge in [0, 0.05) is 18.6 Å². The minimum Gasteiger partial charge on any atom is -0.732 e. The van der Waals surface area contributed by atoms with Crippen LogP contribution in [0.4, 0.5) is 5.82 Å². The number of aromatic nitrogens is 4. The van der Waals surface area contributed by atoms with Crippen molar-refractivity contribution in [2.45, 2.75) is 38.3 Å². The summed E-state index contributed by atoms with van der Waals surface area (Å²) < 4.78 is 16.5. The van der Waals surface area contributed by atoms with E-state index in [1.807, 2.05) is 36.4 Å². The molecule has 2 aromatic carbocycles. The second-order valence-electron chi connectivity index (χ2n) is 8.42. The summed E-state index contributed by atoms with van der Waals surface area (Å²) in [5.41, 5.74) is 1.33. The molecule has 0 bridgehead atoms. The van der Waals surface area contributed by atoms with Crippen LogP contribution >= 0.6 is 0 Å². The predicted molar refractivity (Wildman–Crippen MR) is 130 cm³/mol. The van der Waals surface area contributed by atoms with E-state index in [9.17, 15) is 10.0 Å². The average Bonchev–Trinajstić information content (AvgIpc) is 3.62. The van der Waals surface area contributed by atoms with Gasteiger partial charge in [-0.25, -0.2) is 9.78 Å². The number of hydrogen-bond donors (Lipinski definition) is 1. The molecule has 2 aromatic heterocycles. The highest BCUT2D eigenvalue weighted by Crippen LogP contribution is 2.24. The molecule has 1 N–H and O–H groups in total. The van der Waals surface area contributed by atoms with Crippen LogP contribution in [0.15, 0.2) is 78.2 Å². The topological polar surface area (TPSA) is 110 Å². The van der Waals surface area contributed by atoms with Crippen LogP contribution in [0.3, 0.4) is 0 Å². The van der Waals surface area contributed by atoms with Gasteiger partial charge >= 0.3 is 5.69 Å². The van der Waals surface area contributed by atoms with Gasteiger partial charge in [0.05, 0.1) is 30.4 Å². The number of imidazole rings is 2. The standard InChI is InChI=1S/C25H26N5O5/c31-25-28(13-14-29(25)20-7-11-23(12-8-20)35-22-3-1-2-4-22)19-5-9-21(10-6-19)34-16-15-27-17-24(26-18-27)30(32)33/h5-14,17-18,22,32H,1-4,15-16H2/q-1. The molecule has 1 aliphatic carbocycles. The molecule has 0 saturated heterocycles. The van der Waals surface area contributed by atoms with Crippen molar-refractivity contribution in [3.63, 3.8) is 0 Å². The maximum Gasteiger partial charge on any atom is 0.337 e. The van der Waals surface area contributed by atoms with E-state index in [0.717, 1.165) is 30.0 Å². The quantitative estimate of drug-likeness (QED) is 0.365. The summed E-state index contributed by atoms with van der Waals surface area (Å²) in [6, 6.07) is 14.8. The summed E-state index contributed by atoms with van der Waals surface area (Å²) in [7, 11) is 0. The first kappa shape index (κ1) is 22.8. The third-order valence-corrected chi connectivity index (χ3v) is 6.05. The van der Waals surface area contributed by atoms with E-state index >= 15 is 0 Å². The summed E-state index contributed by atoms with van der Waals surface area (Å²) in [5, 5.41) is 19.4. The van der Waals surface area contributed by atoms with Gasteiger partial charge in [0.1, 0.15) is 18.1 Å². The number of benzene rings is 2. The molecule has 0 unspecified atom stereocenters. The predicted octanol–water partition coefficient (Wildman–Crippen LogP) is 3.92. The fourth-order valence-electron chi connectivity index (χ4n) is 4.20. The lowest BCUT2D eigenvalue weighted by molar-refractivity contribution is 0.210. The Morgan fingerprint density at radius 1 is 0.971 bits per heavy atom. The van der Waals surface area contributed by atoms with Crippen molar-refractivity contribution < 1.29 is 14.7 Å². The van der Waals surface area contributed by atoms with Crippen molar-refractivity contribution in [1.82, 2.24) is 18.7 Å². The molecule has 1 fully saturated rings. The molecule has 2 heterocycles. The van der Waals surface area contributed by atoms with Gasteiger partial charge in [-0.3, -0.25) is 14.3 Å². The Labute approximate surface area is 201 Å². The summed E-state index contributed by atoms with van der Waals surface area (Å²) in [5.74, 6) is 1.39. The highest BCUT2D eigenvalue weighted by molar-refractivity contribution is 5.40. The summed E-state index contributed by atoms with van der Waals surface area (Å²) in [6.07, 6.45) is 11.3. The van der Waals surface area contributed by atoms with Crippen LogP contribution in [0.5, 0.6) is 11.5 Å². The number of nitrogens with zero attached hydrogens (tertiary/aromatic N) is 5. The Morgan fingerprint density at radius 2 is 1.57 bits per heavy atom. The lowest BCUT2D eigenvalue weighted by Gasteiger charge is -2.17. The minimum absolute atomic E-state index is 0.0833. The first-order chi connectivity index (χ1) is 17.1. The van der Waals surface area contributed by atoms with Crippen LogP contribution in [0.2, 0.25) is 0 Å². The van der Waals surface area contributed by atoms with Gasteiger partial charge in [0.15, 0.2) is 5.82 Å². The average molecular weight is 477 g/mol. The van der Waals surface area contributed by atoms with Crippen LogP contribution in [0, 0.1) is 5.21 Å². The van der Waals surface area contributed by atoms with Crippen LogP contribution in [-0.2, 0) is 6.54 Å². The third kappa shape index (κ3) is 5.23. The smallest absolute Gasteiger partial charge is 0.337 e. The second-order valence-corrected chi connectivity index (χ2v) is 8.42. The molecule has 35 heavy (non-hydrogen) atoms. The highest BCUT2D eigenvalue weighted by Gasteiger charge is 2.16. The van der Waals surface area contributed by atoms with Gasteiger partial charge in [0.2, 0.25) is 0 Å². The molecule has 4 aromatic rings. The lowest BCUT2D eigenvalue weighted by atomic mass is 10.2. The molecular weight excluding hydrogens is 450 g/mol. The van der Waals surface area contributed by atoms with E-state index in [0.29, 0.717) is 25.0 Å². The maximum atomic E-state index is 13.0. The van der Waals surface area contributed by atoms with Crippen molar-refractivity contribution >= 4 is 5.82 Å². The molecule has 10 heteroatoms. The monoisotopic (exact) mass is 476 g/mol. The summed E-state index contributed by atoms with van der Waals surface area (Å²) >= 11 is 0. The lowest BCUT2D eigenvalue weighted by Crippen LogP contribution is -2.21. The van der Waals surface area contributed by atoms with Gasteiger partial charge in [-0.2, -0.15) is 0 Å². The van der Waals surface area contributed by atoms with Crippen molar-refractivity contribution in [2.75, 3.05) is 11.8 Å². The van der Waals surface area contributed by atoms with E-state index in [4.69, 9.17) is 14.7 Å². The van der Waals surface area contributed by atoms with Crippen LogP contribution < -0.4 is 20.4 Å². The Hall–Kier alpha value is -4.02. The number of ether oxygens (including phenoxy) is 2. The molecule has 5 rings (SSSR count). The number of anilines is 1.